The van der Waals surface area contributed by atoms with Crippen molar-refractivity contribution in [1.29, 1.82) is 0 Å². The molecule has 1 atom stereocenters. The third-order valence-electron chi connectivity index (χ3n) is 2.98. The second kappa shape index (κ2) is 5.31. The fourth-order valence-electron chi connectivity index (χ4n) is 2.08. The highest BCUT2D eigenvalue weighted by molar-refractivity contribution is 5.32. The largest absolute Gasteiger partial charge is 0.309 e. The Hall–Kier alpha value is -1.68. The van der Waals surface area contributed by atoms with Crippen molar-refractivity contribution in [2.24, 2.45) is 0 Å². The molecule has 0 saturated heterocycles. The molecule has 0 bridgehead atoms. The van der Waals surface area contributed by atoms with Crippen LogP contribution in [0.25, 0.3) is 5.69 Å². The minimum absolute atomic E-state index is 0.282. The lowest BCUT2D eigenvalue weighted by atomic mass is 10.2. The Labute approximate surface area is 108 Å². The maximum absolute atomic E-state index is 4.50. The topological polar surface area (TPSA) is 42.7 Å². The average Bonchev–Trinajstić information content (AvgIpc) is 2.69. The summed E-state index contributed by atoms with van der Waals surface area (Å²) < 4.78 is 1.92. The van der Waals surface area contributed by atoms with E-state index in [9.17, 15) is 0 Å². The molecule has 2 aromatic heterocycles. The molecular formula is C14H20N4. The molecule has 4 heteroatoms. The molecule has 0 aromatic carbocycles. The molecule has 0 aliphatic heterocycles. The zero-order valence-corrected chi connectivity index (χ0v) is 11.4. The van der Waals surface area contributed by atoms with Gasteiger partial charge in [0.1, 0.15) is 0 Å². The summed E-state index contributed by atoms with van der Waals surface area (Å²) in [6.07, 6.45) is 1.88. The Balaban J connectivity index is 2.25. The average molecular weight is 244 g/mol. The number of rotatable bonds is 4. The van der Waals surface area contributed by atoms with Crippen LogP contribution < -0.4 is 5.32 Å². The molecule has 2 heterocycles. The van der Waals surface area contributed by atoms with Crippen LogP contribution in [-0.4, -0.2) is 21.3 Å². The van der Waals surface area contributed by atoms with Gasteiger partial charge in [0.15, 0.2) is 0 Å². The van der Waals surface area contributed by atoms with Crippen molar-refractivity contribution >= 4 is 0 Å². The first-order valence-corrected chi connectivity index (χ1v) is 6.34. The van der Waals surface area contributed by atoms with E-state index in [0.29, 0.717) is 0 Å². The van der Waals surface area contributed by atoms with Crippen LogP contribution in [0.5, 0.6) is 0 Å². The minimum Gasteiger partial charge on any atom is -0.309 e. The van der Waals surface area contributed by atoms with Crippen molar-refractivity contribution in [2.45, 2.75) is 33.7 Å². The fourth-order valence-corrected chi connectivity index (χ4v) is 2.08. The van der Waals surface area contributed by atoms with Crippen molar-refractivity contribution in [1.82, 2.24) is 20.1 Å². The Bertz CT molecular complexity index is 513. The van der Waals surface area contributed by atoms with Gasteiger partial charge in [-0.05, 0) is 45.5 Å². The number of hydrogen-bond acceptors (Lipinski definition) is 3. The Kier molecular flexibility index (Phi) is 3.77. The molecule has 0 fully saturated rings. The molecule has 0 radical (unpaired) electrons. The molecule has 0 amide bonds. The van der Waals surface area contributed by atoms with Gasteiger partial charge >= 0.3 is 0 Å². The molecule has 0 aliphatic rings. The van der Waals surface area contributed by atoms with E-state index in [1.165, 1.54) is 0 Å². The maximum atomic E-state index is 4.50. The van der Waals surface area contributed by atoms with Gasteiger partial charge in [0.2, 0.25) is 0 Å². The van der Waals surface area contributed by atoms with Gasteiger partial charge in [-0.2, -0.15) is 5.10 Å². The van der Waals surface area contributed by atoms with Crippen LogP contribution in [0.15, 0.2) is 24.4 Å². The van der Waals surface area contributed by atoms with E-state index in [1.807, 2.05) is 17.8 Å². The lowest BCUT2D eigenvalue weighted by Crippen LogP contribution is -2.18. The second-order valence-electron chi connectivity index (χ2n) is 4.56. The van der Waals surface area contributed by atoms with E-state index in [4.69, 9.17) is 0 Å². The van der Waals surface area contributed by atoms with Gasteiger partial charge in [-0.15, -0.1) is 0 Å². The summed E-state index contributed by atoms with van der Waals surface area (Å²) in [5, 5.41) is 7.80. The third kappa shape index (κ3) is 2.59. The molecule has 0 saturated carbocycles. The molecular weight excluding hydrogens is 224 g/mol. The number of aromatic nitrogens is 3. The zero-order valence-electron chi connectivity index (χ0n) is 11.4. The first-order chi connectivity index (χ1) is 8.61. The summed E-state index contributed by atoms with van der Waals surface area (Å²) in [5.41, 5.74) is 4.22. The number of aryl methyl sites for hydroxylation is 2. The summed E-state index contributed by atoms with van der Waals surface area (Å²) in [6.45, 7) is 9.21. The first-order valence-electron chi connectivity index (χ1n) is 6.34. The van der Waals surface area contributed by atoms with Crippen LogP contribution in [-0.2, 0) is 0 Å². The van der Waals surface area contributed by atoms with Gasteiger partial charge in [-0.3, -0.25) is 4.98 Å². The summed E-state index contributed by atoms with van der Waals surface area (Å²) in [5.74, 6) is 0. The molecule has 96 valence electrons. The summed E-state index contributed by atoms with van der Waals surface area (Å²) >= 11 is 0. The van der Waals surface area contributed by atoms with E-state index in [-0.39, 0.29) is 6.04 Å². The third-order valence-corrected chi connectivity index (χ3v) is 2.98. The van der Waals surface area contributed by atoms with Crippen molar-refractivity contribution < 1.29 is 0 Å². The summed E-state index contributed by atoms with van der Waals surface area (Å²) in [4.78, 5) is 4.50. The quantitative estimate of drug-likeness (QED) is 0.898. The standard InChI is InChI=1S/C14H20N4/c1-5-15-12(4)14-7-6-13(9-16-14)18-11(3)8-10(2)17-18/h6-9,12,15H,5H2,1-4H3. The van der Waals surface area contributed by atoms with Gasteiger partial charge in [0, 0.05) is 11.7 Å². The summed E-state index contributed by atoms with van der Waals surface area (Å²) in [6, 6.07) is 6.47. The van der Waals surface area contributed by atoms with Crippen molar-refractivity contribution in [3.05, 3.63) is 41.5 Å². The van der Waals surface area contributed by atoms with Crippen LogP contribution >= 0.6 is 0 Å². The minimum atomic E-state index is 0.282. The Morgan fingerprint density at radius 1 is 1.33 bits per heavy atom. The Morgan fingerprint density at radius 3 is 2.61 bits per heavy atom. The van der Waals surface area contributed by atoms with Gasteiger partial charge < -0.3 is 5.32 Å². The lowest BCUT2D eigenvalue weighted by molar-refractivity contribution is 0.583. The number of hydrogen-bond donors (Lipinski definition) is 1. The lowest BCUT2D eigenvalue weighted by Gasteiger charge is -2.12. The number of pyridine rings is 1. The Morgan fingerprint density at radius 2 is 2.11 bits per heavy atom. The van der Waals surface area contributed by atoms with Crippen LogP contribution in [0.1, 0.15) is 37.0 Å². The zero-order chi connectivity index (χ0) is 13.1. The van der Waals surface area contributed by atoms with E-state index < -0.39 is 0 Å². The molecule has 1 unspecified atom stereocenters. The molecule has 2 rings (SSSR count). The highest BCUT2D eigenvalue weighted by atomic mass is 15.3. The number of nitrogens with one attached hydrogen (secondary N) is 1. The monoisotopic (exact) mass is 244 g/mol. The SMILES string of the molecule is CCNC(C)c1ccc(-n2nc(C)cc2C)cn1. The van der Waals surface area contributed by atoms with Gasteiger partial charge in [0.05, 0.1) is 23.3 Å². The molecule has 4 nitrogen and oxygen atoms in total. The molecule has 2 aromatic rings. The second-order valence-corrected chi connectivity index (χ2v) is 4.56. The van der Waals surface area contributed by atoms with Crippen molar-refractivity contribution in [2.75, 3.05) is 6.54 Å². The first kappa shape index (κ1) is 12.8. The highest BCUT2D eigenvalue weighted by Crippen LogP contribution is 2.14. The molecule has 18 heavy (non-hydrogen) atoms. The molecule has 0 aliphatic carbocycles. The van der Waals surface area contributed by atoms with Crippen molar-refractivity contribution in [3.63, 3.8) is 0 Å². The van der Waals surface area contributed by atoms with E-state index in [0.717, 1.165) is 29.3 Å². The predicted octanol–water partition coefficient (Wildman–Crippen LogP) is 2.55. The summed E-state index contributed by atoms with van der Waals surface area (Å²) in [7, 11) is 0. The molecule has 0 spiro atoms. The van der Waals surface area contributed by atoms with Crippen LogP contribution in [0.4, 0.5) is 0 Å². The van der Waals surface area contributed by atoms with Crippen molar-refractivity contribution in [3.8, 4) is 5.69 Å². The highest BCUT2D eigenvalue weighted by Gasteiger charge is 2.07. The maximum Gasteiger partial charge on any atom is 0.0832 e. The fraction of sp³-hybridized carbons (Fsp3) is 0.429. The molecule has 1 N–H and O–H groups in total. The predicted molar refractivity (Wildman–Crippen MR) is 72.9 cm³/mol. The van der Waals surface area contributed by atoms with E-state index in [2.05, 4.69) is 54.4 Å². The van der Waals surface area contributed by atoms with Crippen LogP contribution in [0.2, 0.25) is 0 Å². The van der Waals surface area contributed by atoms with E-state index in [1.54, 1.807) is 0 Å². The normalized spacial score (nSPS) is 12.7. The van der Waals surface area contributed by atoms with Crippen LogP contribution in [0.3, 0.4) is 0 Å². The van der Waals surface area contributed by atoms with Crippen LogP contribution in [0, 0.1) is 13.8 Å². The smallest absolute Gasteiger partial charge is 0.0832 e. The number of nitrogens with zero attached hydrogens (tertiary/aromatic N) is 3. The van der Waals surface area contributed by atoms with Gasteiger partial charge in [-0.25, -0.2) is 4.68 Å². The van der Waals surface area contributed by atoms with E-state index >= 15 is 0 Å². The van der Waals surface area contributed by atoms with Gasteiger partial charge in [0.25, 0.3) is 0 Å². The van der Waals surface area contributed by atoms with Gasteiger partial charge in [-0.1, -0.05) is 6.92 Å².